The number of carbonyl (C=O) groups excluding carboxylic acids is 2. The van der Waals surface area contributed by atoms with Gasteiger partial charge in [-0.3, -0.25) is 9.59 Å². The number of piperazine rings is 1. The van der Waals surface area contributed by atoms with Gasteiger partial charge >= 0.3 is 0 Å². The second-order valence-electron chi connectivity index (χ2n) is 8.30. The molecule has 0 saturated carbocycles. The number of carbonyl (C=O) groups is 2. The highest BCUT2D eigenvalue weighted by Crippen LogP contribution is 2.34. The number of fused-ring (bicyclic) bond motifs is 1. The molecule has 4 rings (SSSR count). The Bertz CT molecular complexity index is 913. The number of rotatable bonds is 3. The van der Waals surface area contributed by atoms with Crippen LogP contribution >= 0.6 is 11.3 Å². The zero-order chi connectivity index (χ0) is 20.5. The van der Waals surface area contributed by atoms with Crippen LogP contribution in [0.3, 0.4) is 0 Å². The maximum Gasteiger partial charge on any atom is 0.263 e. The molecule has 1 fully saturated rings. The number of aryl methyl sites for hydroxylation is 2. The maximum absolute atomic E-state index is 13.2. The lowest BCUT2D eigenvalue weighted by Gasteiger charge is -2.38. The number of anilines is 1. The molecule has 1 atom stereocenters. The van der Waals surface area contributed by atoms with Crippen molar-refractivity contribution in [3.05, 3.63) is 51.2 Å². The van der Waals surface area contributed by atoms with Crippen molar-refractivity contribution in [2.75, 3.05) is 45.2 Å². The van der Waals surface area contributed by atoms with Gasteiger partial charge in [0.1, 0.15) is 0 Å². The highest BCUT2D eigenvalue weighted by molar-refractivity contribution is 7.14. The third kappa shape index (κ3) is 4.04. The van der Waals surface area contributed by atoms with Crippen LogP contribution in [0.1, 0.15) is 32.1 Å². The van der Waals surface area contributed by atoms with Crippen LogP contribution in [0.5, 0.6) is 0 Å². The standard InChI is InChI=1S/C23H29N3O2S/c1-16-6-4-5-7-19(16)25-10-12-26(13-11-25)22(27)17-8-9-20-18(14-17)15-21(29-20)23(28)24(2)3/h4-7,15,17H,8-14H2,1-3H3. The van der Waals surface area contributed by atoms with Crippen molar-refractivity contribution < 1.29 is 9.59 Å². The summed E-state index contributed by atoms with van der Waals surface area (Å²) < 4.78 is 0. The first-order chi connectivity index (χ1) is 13.9. The van der Waals surface area contributed by atoms with Crippen LogP contribution in [0.15, 0.2) is 30.3 Å². The number of thiophene rings is 1. The summed E-state index contributed by atoms with van der Waals surface area (Å²) in [6, 6.07) is 10.5. The quantitative estimate of drug-likeness (QED) is 0.779. The van der Waals surface area contributed by atoms with Crippen molar-refractivity contribution >= 4 is 28.8 Å². The number of benzene rings is 1. The molecule has 0 bridgehead atoms. The predicted molar refractivity (Wildman–Crippen MR) is 118 cm³/mol. The Morgan fingerprint density at radius 1 is 1.10 bits per heavy atom. The third-order valence-electron chi connectivity index (χ3n) is 6.10. The fourth-order valence-electron chi connectivity index (χ4n) is 4.40. The van der Waals surface area contributed by atoms with Gasteiger partial charge in [0, 0.05) is 56.8 Å². The van der Waals surface area contributed by atoms with Crippen LogP contribution in [0.2, 0.25) is 0 Å². The molecule has 2 aliphatic rings. The minimum atomic E-state index is 0.0458. The fourth-order valence-corrected chi connectivity index (χ4v) is 5.63. The van der Waals surface area contributed by atoms with Crippen LogP contribution in [0.4, 0.5) is 5.69 Å². The molecule has 1 aliphatic carbocycles. The minimum absolute atomic E-state index is 0.0458. The lowest BCUT2D eigenvalue weighted by atomic mass is 9.87. The Kier molecular flexibility index (Phi) is 5.63. The molecule has 0 N–H and O–H groups in total. The summed E-state index contributed by atoms with van der Waals surface area (Å²) in [6.07, 6.45) is 2.56. The van der Waals surface area contributed by atoms with Crippen molar-refractivity contribution in [1.82, 2.24) is 9.80 Å². The summed E-state index contributed by atoms with van der Waals surface area (Å²) in [6.45, 7) is 5.47. The molecule has 1 aromatic heterocycles. The van der Waals surface area contributed by atoms with Crippen molar-refractivity contribution in [3.63, 3.8) is 0 Å². The molecule has 0 spiro atoms. The number of para-hydroxylation sites is 1. The first-order valence-corrected chi connectivity index (χ1v) is 11.2. The largest absolute Gasteiger partial charge is 0.368 e. The van der Waals surface area contributed by atoms with Gasteiger partial charge in [-0.1, -0.05) is 18.2 Å². The van der Waals surface area contributed by atoms with Crippen molar-refractivity contribution in [2.45, 2.75) is 26.2 Å². The Labute approximate surface area is 176 Å². The summed E-state index contributed by atoms with van der Waals surface area (Å²) in [5, 5.41) is 0. The summed E-state index contributed by atoms with van der Waals surface area (Å²) in [5.74, 6) is 0.385. The number of amides is 2. The topological polar surface area (TPSA) is 43.9 Å². The Morgan fingerprint density at radius 2 is 1.83 bits per heavy atom. The van der Waals surface area contributed by atoms with E-state index in [1.54, 1.807) is 30.3 Å². The maximum atomic E-state index is 13.2. The van der Waals surface area contributed by atoms with Crippen LogP contribution in [-0.2, 0) is 17.6 Å². The van der Waals surface area contributed by atoms with E-state index in [0.717, 1.165) is 50.3 Å². The van der Waals surface area contributed by atoms with E-state index < -0.39 is 0 Å². The smallest absolute Gasteiger partial charge is 0.263 e. The second-order valence-corrected chi connectivity index (χ2v) is 9.43. The van der Waals surface area contributed by atoms with Crippen LogP contribution in [0.25, 0.3) is 0 Å². The van der Waals surface area contributed by atoms with Gasteiger partial charge in [0.25, 0.3) is 5.91 Å². The molecule has 29 heavy (non-hydrogen) atoms. The van der Waals surface area contributed by atoms with Gasteiger partial charge in [-0.15, -0.1) is 11.3 Å². The molecular formula is C23H29N3O2S. The molecule has 2 amide bonds. The molecule has 1 unspecified atom stereocenters. The van der Waals surface area contributed by atoms with E-state index in [0.29, 0.717) is 0 Å². The van der Waals surface area contributed by atoms with Gasteiger partial charge in [-0.2, -0.15) is 0 Å². The Morgan fingerprint density at radius 3 is 2.52 bits per heavy atom. The van der Waals surface area contributed by atoms with Gasteiger partial charge in [0.2, 0.25) is 5.91 Å². The zero-order valence-corrected chi connectivity index (χ0v) is 18.3. The van der Waals surface area contributed by atoms with Crippen molar-refractivity contribution in [2.24, 2.45) is 5.92 Å². The lowest BCUT2D eigenvalue weighted by molar-refractivity contribution is -0.136. The molecule has 2 aromatic rings. The van der Waals surface area contributed by atoms with E-state index in [4.69, 9.17) is 0 Å². The van der Waals surface area contributed by atoms with Gasteiger partial charge in [-0.05, 0) is 49.4 Å². The number of hydrogen-bond acceptors (Lipinski definition) is 4. The van der Waals surface area contributed by atoms with Crippen molar-refractivity contribution in [3.8, 4) is 0 Å². The van der Waals surface area contributed by atoms with E-state index in [-0.39, 0.29) is 17.7 Å². The SMILES string of the molecule is Cc1ccccc1N1CCN(C(=O)C2CCc3sc(C(=O)N(C)C)cc3C2)CC1. The zero-order valence-electron chi connectivity index (χ0n) is 17.5. The number of hydrogen-bond donors (Lipinski definition) is 0. The van der Waals surface area contributed by atoms with Gasteiger partial charge in [0.05, 0.1) is 4.88 Å². The molecule has 1 aromatic carbocycles. The second kappa shape index (κ2) is 8.19. The van der Waals surface area contributed by atoms with E-state index in [1.807, 2.05) is 11.0 Å². The molecule has 2 heterocycles. The van der Waals surface area contributed by atoms with Crippen LogP contribution < -0.4 is 4.90 Å². The summed E-state index contributed by atoms with van der Waals surface area (Å²) >= 11 is 1.60. The normalized spacial score (nSPS) is 19.1. The molecule has 1 aliphatic heterocycles. The first-order valence-electron chi connectivity index (χ1n) is 10.4. The Balaban J connectivity index is 1.38. The monoisotopic (exact) mass is 411 g/mol. The van der Waals surface area contributed by atoms with Gasteiger partial charge in [0.15, 0.2) is 0 Å². The number of nitrogens with zero attached hydrogens (tertiary/aromatic N) is 3. The molecule has 154 valence electrons. The van der Waals surface area contributed by atoms with Crippen LogP contribution in [-0.4, -0.2) is 61.9 Å². The van der Waals surface area contributed by atoms with Crippen LogP contribution in [0, 0.1) is 12.8 Å². The highest BCUT2D eigenvalue weighted by Gasteiger charge is 2.32. The first kappa shape index (κ1) is 20.0. The fraction of sp³-hybridized carbons (Fsp3) is 0.478. The van der Waals surface area contributed by atoms with Crippen molar-refractivity contribution in [1.29, 1.82) is 0 Å². The predicted octanol–water partition coefficient (Wildman–Crippen LogP) is 3.21. The lowest BCUT2D eigenvalue weighted by Crippen LogP contribution is -2.51. The minimum Gasteiger partial charge on any atom is -0.368 e. The molecule has 1 saturated heterocycles. The molecule has 5 nitrogen and oxygen atoms in total. The molecular weight excluding hydrogens is 382 g/mol. The van der Waals surface area contributed by atoms with E-state index >= 15 is 0 Å². The van der Waals surface area contributed by atoms with Gasteiger partial charge < -0.3 is 14.7 Å². The van der Waals surface area contributed by atoms with E-state index in [1.165, 1.54) is 21.7 Å². The molecule has 6 heteroatoms. The summed E-state index contributed by atoms with van der Waals surface area (Å²) in [7, 11) is 3.56. The average molecular weight is 412 g/mol. The van der Waals surface area contributed by atoms with E-state index in [2.05, 4.69) is 36.1 Å². The highest BCUT2D eigenvalue weighted by atomic mass is 32.1. The summed E-state index contributed by atoms with van der Waals surface area (Å²) in [5.41, 5.74) is 3.76. The molecule has 0 radical (unpaired) electrons. The van der Waals surface area contributed by atoms with Gasteiger partial charge in [-0.25, -0.2) is 0 Å². The van der Waals surface area contributed by atoms with E-state index in [9.17, 15) is 9.59 Å². The summed E-state index contributed by atoms with van der Waals surface area (Å²) in [4.78, 5) is 33.5. The average Bonchev–Trinajstić information content (AvgIpc) is 3.16. The Hall–Kier alpha value is -2.34. The third-order valence-corrected chi connectivity index (χ3v) is 7.32.